The van der Waals surface area contributed by atoms with E-state index in [0.29, 0.717) is 12.1 Å². The molecule has 21 heavy (non-hydrogen) atoms. The second-order valence-electron chi connectivity index (χ2n) is 5.53. The van der Waals surface area contributed by atoms with Gasteiger partial charge in [0.25, 0.3) is 0 Å². The first-order valence-electron chi connectivity index (χ1n) is 7.51. The van der Waals surface area contributed by atoms with Crippen molar-refractivity contribution in [1.82, 2.24) is 0 Å². The first-order valence-corrected chi connectivity index (χ1v) is 7.51. The average Bonchev–Trinajstić information content (AvgIpc) is 2.49. The highest BCUT2D eigenvalue weighted by Gasteiger charge is 2.22. The van der Waals surface area contributed by atoms with Crippen molar-refractivity contribution in [3.8, 4) is 0 Å². The van der Waals surface area contributed by atoms with Crippen LogP contribution in [0.1, 0.15) is 6.42 Å². The predicted octanol–water partition coefficient (Wildman–Crippen LogP) is -2.07. The van der Waals surface area contributed by atoms with Crippen molar-refractivity contribution in [3.05, 3.63) is 30.1 Å². The van der Waals surface area contributed by atoms with Crippen LogP contribution < -0.4 is 15.1 Å². The minimum absolute atomic E-state index is 0.0285. The topological polar surface area (TPSA) is 58.2 Å². The van der Waals surface area contributed by atoms with E-state index >= 15 is 0 Å². The van der Waals surface area contributed by atoms with Crippen LogP contribution in [-0.4, -0.2) is 56.9 Å². The lowest BCUT2D eigenvalue weighted by Crippen LogP contribution is -3.28. The van der Waals surface area contributed by atoms with Crippen molar-refractivity contribution in [3.63, 3.8) is 0 Å². The van der Waals surface area contributed by atoms with Gasteiger partial charge in [0.05, 0.1) is 19.6 Å². The summed E-state index contributed by atoms with van der Waals surface area (Å²) in [5.74, 6) is -0.333. The predicted molar refractivity (Wildman–Crippen MR) is 77.9 cm³/mol. The largest absolute Gasteiger partial charge is 0.391 e. The molecule has 4 N–H and O–H groups in total. The number of aliphatic hydroxyl groups is 1. The zero-order chi connectivity index (χ0) is 15.1. The number of aliphatic hydroxyl groups excluding tert-OH is 1. The maximum Gasteiger partial charge on any atom is 0.230 e. The van der Waals surface area contributed by atoms with E-state index in [4.69, 9.17) is 5.11 Å². The van der Waals surface area contributed by atoms with E-state index in [1.165, 1.54) is 21.9 Å². The molecule has 1 aliphatic rings. The van der Waals surface area contributed by atoms with Gasteiger partial charge in [-0.1, -0.05) is 0 Å². The van der Waals surface area contributed by atoms with Crippen molar-refractivity contribution < 1.29 is 24.1 Å². The molecule has 1 amide bonds. The Bertz CT molecular complexity index is 445. The van der Waals surface area contributed by atoms with Crippen LogP contribution in [0.5, 0.6) is 0 Å². The normalized spacial score (nSPS) is 22.0. The number of carbonyl (C=O) groups is 1. The zero-order valence-electron chi connectivity index (χ0n) is 12.2. The van der Waals surface area contributed by atoms with Crippen molar-refractivity contribution in [2.24, 2.45) is 0 Å². The molecule has 0 radical (unpaired) electrons. The summed E-state index contributed by atoms with van der Waals surface area (Å²) in [6.45, 7) is 6.06. The van der Waals surface area contributed by atoms with E-state index in [9.17, 15) is 9.18 Å². The number of hydrogen-bond donors (Lipinski definition) is 4. The maximum absolute atomic E-state index is 12.8. The Morgan fingerprint density at radius 1 is 1.10 bits per heavy atom. The highest BCUT2D eigenvalue weighted by Crippen LogP contribution is 2.08. The first-order chi connectivity index (χ1) is 10.2. The first kappa shape index (κ1) is 15.9. The van der Waals surface area contributed by atoms with Crippen LogP contribution in [0.15, 0.2) is 24.3 Å². The lowest BCUT2D eigenvalue weighted by molar-refractivity contribution is -1.01. The van der Waals surface area contributed by atoms with Crippen LogP contribution in [0.3, 0.4) is 0 Å². The van der Waals surface area contributed by atoms with E-state index < -0.39 is 0 Å². The highest BCUT2D eigenvalue weighted by atomic mass is 19.1. The highest BCUT2D eigenvalue weighted by molar-refractivity contribution is 5.90. The third kappa shape index (κ3) is 5.41. The SMILES string of the molecule is O=C(CC[NH+]1CC[NH+](CCO)CC1)Nc1ccc(F)cc1. The van der Waals surface area contributed by atoms with Gasteiger partial charge in [0.2, 0.25) is 5.91 Å². The number of rotatable bonds is 6. The number of carbonyl (C=O) groups excluding carboxylic acids is 1. The molecule has 0 unspecified atom stereocenters. The molecule has 1 heterocycles. The van der Waals surface area contributed by atoms with Gasteiger partial charge < -0.3 is 20.2 Å². The Balaban J connectivity index is 1.66. The molecule has 0 saturated carbocycles. The number of hydrogen-bond acceptors (Lipinski definition) is 2. The van der Waals surface area contributed by atoms with E-state index in [-0.39, 0.29) is 18.3 Å². The molecule has 0 bridgehead atoms. The van der Waals surface area contributed by atoms with Gasteiger partial charge in [0, 0.05) is 5.69 Å². The second-order valence-corrected chi connectivity index (χ2v) is 5.53. The zero-order valence-corrected chi connectivity index (χ0v) is 12.2. The number of nitrogens with one attached hydrogen (secondary N) is 3. The van der Waals surface area contributed by atoms with Gasteiger partial charge in [0.15, 0.2) is 0 Å². The van der Waals surface area contributed by atoms with Crippen molar-refractivity contribution >= 4 is 11.6 Å². The van der Waals surface area contributed by atoms with Gasteiger partial charge >= 0.3 is 0 Å². The van der Waals surface area contributed by atoms with Crippen LogP contribution in [-0.2, 0) is 4.79 Å². The third-order valence-corrected chi connectivity index (χ3v) is 3.96. The van der Waals surface area contributed by atoms with Gasteiger partial charge in [-0.05, 0) is 24.3 Å². The van der Waals surface area contributed by atoms with E-state index in [2.05, 4.69) is 5.32 Å². The van der Waals surface area contributed by atoms with Crippen molar-refractivity contribution in [2.45, 2.75) is 6.42 Å². The Labute approximate surface area is 124 Å². The molecule has 0 aromatic heterocycles. The molecule has 0 atom stereocenters. The van der Waals surface area contributed by atoms with Crippen LogP contribution in [0.2, 0.25) is 0 Å². The van der Waals surface area contributed by atoms with Crippen LogP contribution >= 0.6 is 0 Å². The summed E-state index contributed by atoms with van der Waals surface area (Å²) in [6, 6.07) is 5.81. The standard InChI is InChI=1S/C15H22FN3O2/c16-13-1-3-14(4-2-13)17-15(21)5-6-18-7-9-19(10-8-18)11-12-20/h1-4,20H,5-12H2,(H,17,21)/p+2. The van der Waals surface area contributed by atoms with Gasteiger partial charge in [-0.3, -0.25) is 4.79 Å². The van der Waals surface area contributed by atoms with Crippen LogP contribution in [0.25, 0.3) is 0 Å². The van der Waals surface area contributed by atoms with E-state index in [1.54, 1.807) is 12.1 Å². The number of piperazine rings is 1. The quantitative estimate of drug-likeness (QED) is 0.488. The summed E-state index contributed by atoms with van der Waals surface area (Å²) in [5.41, 5.74) is 0.633. The van der Waals surface area contributed by atoms with Crippen LogP contribution in [0, 0.1) is 5.82 Å². The van der Waals surface area contributed by atoms with Crippen molar-refractivity contribution in [2.75, 3.05) is 51.2 Å². The maximum atomic E-state index is 12.8. The molecule has 5 nitrogen and oxygen atoms in total. The molecule has 116 valence electrons. The van der Waals surface area contributed by atoms with Gasteiger partial charge in [0.1, 0.15) is 38.5 Å². The van der Waals surface area contributed by atoms with Crippen LogP contribution in [0.4, 0.5) is 10.1 Å². The Kier molecular flexibility index (Phi) is 6.10. The average molecular weight is 297 g/mol. The van der Waals surface area contributed by atoms with E-state index in [0.717, 1.165) is 39.3 Å². The Hall–Kier alpha value is -1.50. The molecule has 1 fully saturated rings. The smallest absolute Gasteiger partial charge is 0.230 e. The minimum Gasteiger partial charge on any atom is -0.391 e. The summed E-state index contributed by atoms with van der Waals surface area (Å²) in [4.78, 5) is 14.7. The number of benzene rings is 1. The fourth-order valence-corrected chi connectivity index (χ4v) is 2.66. The number of anilines is 1. The molecule has 1 saturated heterocycles. The van der Waals surface area contributed by atoms with Gasteiger partial charge in [-0.25, -0.2) is 4.39 Å². The lowest BCUT2D eigenvalue weighted by Gasteiger charge is -2.29. The Morgan fingerprint density at radius 3 is 2.24 bits per heavy atom. The summed E-state index contributed by atoms with van der Waals surface area (Å²) in [6.07, 6.45) is 0.474. The lowest BCUT2D eigenvalue weighted by atomic mass is 10.2. The van der Waals surface area contributed by atoms with Gasteiger partial charge in [-0.2, -0.15) is 0 Å². The fraction of sp³-hybridized carbons (Fsp3) is 0.533. The van der Waals surface area contributed by atoms with Crippen molar-refractivity contribution in [1.29, 1.82) is 0 Å². The monoisotopic (exact) mass is 297 g/mol. The fourth-order valence-electron chi connectivity index (χ4n) is 2.66. The summed E-state index contributed by atoms with van der Waals surface area (Å²) < 4.78 is 12.8. The summed E-state index contributed by atoms with van der Waals surface area (Å²) >= 11 is 0. The summed E-state index contributed by atoms with van der Waals surface area (Å²) in [5, 5.41) is 11.7. The molecule has 1 aromatic rings. The second kappa shape index (κ2) is 8.07. The molecule has 0 aliphatic carbocycles. The van der Waals surface area contributed by atoms with E-state index in [1.807, 2.05) is 0 Å². The summed E-state index contributed by atoms with van der Waals surface area (Å²) in [7, 11) is 0. The van der Waals surface area contributed by atoms with Gasteiger partial charge in [-0.15, -0.1) is 0 Å². The minimum atomic E-state index is -0.305. The molecule has 2 rings (SSSR count). The molecule has 0 spiro atoms. The number of halogens is 1. The molecule has 6 heteroatoms. The number of quaternary nitrogens is 2. The molecule has 1 aromatic carbocycles. The molecular weight excluding hydrogens is 273 g/mol. The molecule has 1 aliphatic heterocycles. The third-order valence-electron chi connectivity index (χ3n) is 3.96. The number of amides is 1. The Morgan fingerprint density at radius 2 is 1.67 bits per heavy atom. The molecular formula is C15H24FN3O2+2.